The Hall–Kier alpha value is -0.700. The first-order chi connectivity index (χ1) is 6.15. The van der Waals surface area contributed by atoms with E-state index in [0.717, 1.165) is 23.1 Å². The van der Waals surface area contributed by atoms with Gasteiger partial charge in [-0.05, 0) is 47.8 Å². The summed E-state index contributed by atoms with van der Waals surface area (Å²) in [5.74, 6) is 0.234. The predicted molar refractivity (Wildman–Crippen MR) is 53.5 cm³/mol. The predicted octanol–water partition coefficient (Wildman–Crippen LogP) is 2.46. The summed E-state index contributed by atoms with van der Waals surface area (Å²) in [5, 5.41) is 0. The van der Waals surface area contributed by atoms with Gasteiger partial charge in [0.2, 0.25) is 0 Å². The summed E-state index contributed by atoms with van der Waals surface area (Å²) in [6.07, 6.45) is 1.90. The third kappa shape index (κ3) is 1.41. The monoisotopic (exact) mass is 239 g/mol. The summed E-state index contributed by atoms with van der Waals surface area (Å²) in [6.45, 7) is 1.65. The molecule has 0 aromatic carbocycles. The van der Waals surface area contributed by atoms with Gasteiger partial charge in [-0.3, -0.25) is 4.79 Å². The molecule has 2 nitrogen and oxygen atoms in total. The third-order valence-corrected chi connectivity index (χ3v) is 3.07. The quantitative estimate of drug-likeness (QED) is 0.743. The molecule has 1 aliphatic rings. The van der Waals surface area contributed by atoms with Gasteiger partial charge in [0.25, 0.3) is 0 Å². The van der Waals surface area contributed by atoms with Gasteiger partial charge in [0.1, 0.15) is 10.4 Å². The van der Waals surface area contributed by atoms with Gasteiger partial charge in [-0.15, -0.1) is 0 Å². The number of hydrogen-bond donors (Lipinski definition) is 0. The smallest absolute Gasteiger partial charge is 0.141 e. The molecule has 1 aliphatic carbocycles. The molecule has 13 heavy (non-hydrogen) atoms. The van der Waals surface area contributed by atoms with Crippen LogP contribution >= 0.6 is 15.9 Å². The van der Waals surface area contributed by atoms with Crippen molar-refractivity contribution in [3.05, 3.63) is 28.5 Å². The highest BCUT2D eigenvalue weighted by atomic mass is 79.9. The Kier molecular flexibility index (Phi) is 1.99. The molecule has 0 amide bonds. The molecular weight excluding hydrogens is 230 g/mol. The van der Waals surface area contributed by atoms with Gasteiger partial charge < -0.3 is 0 Å². The molecule has 1 aromatic heterocycles. The van der Waals surface area contributed by atoms with Crippen LogP contribution in [0.15, 0.2) is 22.8 Å². The minimum absolute atomic E-state index is 0.234. The van der Waals surface area contributed by atoms with Crippen LogP contribution in [0.4, 0.5) is 0 Å². The molecule has 0 N–H and O–H groups in total. The molecule has 0 spiro atoms. The molecule has 1 aromatic rings. The third-order valence-electron chi connectivity index (χ3n) is 2.63. The lowest BCUT2D eigenvalue weighted by Crippen LogP contribution is -2.18. The summed E-state index contributed by atoms with van der Waals surface area (Å²) < 4.78 is 0.803. The van der Waals surface area contributed by atoms with Gasteiger partial charge in [0.15, 0.2) is 0 Å². The Balaban J connectivity index is 2.41. The topological polar surface area (TPSA) is 30.0 Å². The maximum absolute atomic E-state index is 11.4. The standard InChI is InChI=1S/C10H10BrNO/c1-7(13)10(5-6-10)8-3-2-4-9(11)12-8/h2-4H,5-6H2,1H3. The number of Topliss-reactive ketones (excluding diaryl/α,β-unsaturated/α-hetero) is 1. The van der Waals surface area contributed by atoms with Crippen molar-refractivity contribution in [1.29, 1.82) is 0 Å². The van der Waals surface area contributed by atoms with E-state index in [1.165, 1.54) is 0 Å². The first-order valence-electron chi connectivity index (χ1n) is 4.29. The minimum atomic E-state index is -0.246. The van der Waals surface area contributed by atoms with Crippen molar-refractivity contribution in [3.63, 3.8) is 0 Å². The van der Waals surface area contributed by atoms with Crippen molar-refractivity contribution in [2.24, 2.45) is 0 Å². The highest BCUT2D eigenvalue weighted by Crippen LogP contribution is 2.48. The van der Waals surface area contributed by atoms with E-state index in [-0.39, 0.29) is 11.2 Å². The number of hydrogen-bond acceptors (Lipinski definition) is 2. The van der Waals surface area contributed by atoms with Gasteiger partial charge in [0.05, 0.1) is 11.1 Å². The van der Waals surface area contributed by atoms with Crippen molar-refractivity contribution in [1.82, 2.24) is 4.98 Å². The fourth-order valence-electron chi connectivity index (χ4n) is 1.59. The molecular formula is C10H10BrNO. The zero-order valence-corrected chi connectivity index (χ0v) is 8.97. The molecule has 3 heteroatoms. The first kappa shape index (κ1) is 8.88. The molecule has 68 valence electrons. The Labute approximate surface area is 85.5 Å². The Morgan fingerprint density at radius 3 is 2.69 bits per heavy atom. The van der Waals surface area contributed by atoms with E-state index in [4.69, 9.17) is 0 Å². The summed E-state index contributed by atoms with van der Waals surface area (Å²) in [4.78, 5) is 15.7. The van der Waals surface area contributed by atoms with Crippen LogP contribution in [0.5, 0.6) is 0 Å². The van der Waals surface area contributed by atoms with Crippen molar-refractivity contribution in [2.45, 2.75) is 25.2 Å². The Morgan fingerprint density at radius 2 is 2.23 bits per heavy atom. The van der Waals surface area contributed by atoms with Crippen molar-refractivity contribution < 1.29 is 4.79 Å². The van der Waals surface area contributed by atoms with E-state index in [1.54, 1.807) is 6.92 Å². The molecule has 0 bridgehead atoms. The second-order valence-electron chi connectivity index (χ2n) is 3.48. The van der Waals surface area contributed by atoms with Crippen LogP contribution < -0.4 is 0 Å². The average molecular weight is 240 g/mol. The lowest BCUT2D eigenvalue weighted by molar-refractivity contribution is -0.119. The second-order valence-corrected chi connectivity index (χ2v) is 4.30. The average Bonchev–Trinajstić information content (AvgIpc) is 2.83. The maximum Gasteiger partial charge on any atom is 0.141 e. The highest BCUT2D eigenvalue weighted by molar-refractivity contribution is 9.10. The molecule has 0 aliphatic heterocycles. The molecule has 0 saturated heterocycles. The fourth-order valence-corrected chi connectivity index (χ4v) is 1.93. The summed E-state index contributed by atoms with van der Waals surface area (Å²) in [6, 6.07) is 5.73. The van der Waals surface area contributed by atoms with Crippen LogP contribution in [0, 0.1) is 0 Å². The normalized spacial score (nSPS) is 18.3. The van der Waals surface area contributed by atoms with E-state index in [0.29, 0.717) is 0 Å². The number of rotatable bonds is 2. The zero-order chi connectivity index (χ0) is 9.47. The van der Waals surface area contributed by atoms with Crippen LogP contribution in [0.1, 0.15) is 25.5 Å². The van der Waals surface area contributed by atoms with Crippen molar-refractivity contribution >= 4 is 21.7 Å². The van der Waals surface area contributed by atoms with E-state index >= 15 is 0 Å². The van der Waals surface area contributed by atoms with E-state index in [9.17, 15) is 4.79 Å². The van der Waals surface area contributed by atoms with E-state index < -0.39 is 0 Å². The van der Waals surface area contributed by atoms with Gasteiger partial charge >= 0.3 is 0 Å². The SMILES string of the molecule is CC(=O)C1(c2cccc(Br)n2)CC1. The lowest BCUT2D eigenvalue weighted by Gasteiger charge is -2.09. The summed E-state index contributed by atoms with van der Waals surface area (Å²) in [7, 11) is 0. The van der Waals surface area contributed by atoms with Crippen LogP contribution in [-0.4, -0.2) is 10.8 Å². The van der Waals surface area contributed by atoms with Crippen molar-refractivity contribution in [3.8, 4) is 0 Å². The zero-order valence-electron chi connectivity index (χ0n) is 7.38. The lowest BCUT2D eigenvalue weighted by atomic mass is 9.97. The molecule has 0 unspecified atom stereocenters. The van der Waals surface area contributed by atoms with Crippen LogP contribution in [0.2, 0.25) is 0 Å². The van der Waals surface area contributed by atoms with Crippen LogP contribution in [0.3, 0.4) is 0 Å². The molecule has 0 radical (unpaired) electrons. The van der Waals surface area contributed by atoms with Crippen molar-refractivity contribution in [2.75, 3.05) is 0 Å². The first-order valence-corrected chi connectivity index (χ1v) is 5.08. The number of ketones is 1. The molecule has 1 saturated carbocycles. The van der Waals surface area contributed by atoms with Crippen LogP contribution in [-0.2, 0) is 10.2 Å². The van der Waals surface area contributed by atoms with Gasteiger partial charge in [-0.2, -0.15) is 0 Å². The number of halogens is 1. The number of aromatic nitrogens is 1. The number of pyridine rings is 1. The van der Waals surface area contributed by atoms with Gasteiger partial charge in [0, 0.05) is 0 Å². The largest absolute Gasteiger partial charge is 0.299 e. The van der Waals surface area contributed by atoms with Gasteiger partial charge in [-0.1, -0.05) is 6.07 Å². The molecule has 0 atom stereocenters. The highest BCUT2D eigenvalue weighted by Gasteiger charge is 2.50. The maximum atomic E-state index is 11.4. The molecule has 1 heterocycles. The molecule has 2 rings (SSSR count). The minimum Gasteiger partial charge on any atom is -0.299 e. The van der Waals surface area contributed by atoms with E-state index in [2.05, 4.69) is 20.9 Å². The van der Waals surface area contributed by atoms with Crippen LogP contribution in [0.25, 0.3) is 0 Å². The van der Waals surface area contributed by atoms with Gasteiger partial charge in [-0.25, -0.2) is 4.98 Å². The molecule has 1 fully saturated rings. The van der Waals surface area contributed by atoms with E-state index in [1.807, 2.05) is 18.2 Å². The Bertz CT molecular complexity index is 358. The fraction of sp³-hybridized carbons (Fsp3) is 0.400. The number of carbonyl (C=O) groups excluding carboxylic acids is 1. The number of carbonyl (C=O) groups is 1. The summed E-state index contributed by atoms with van der Waals surface area (Å²) in [5.41, 5.74) is 0.665. The second kappa shape index (κ2) is 2.91. The Morgan fingerprint density at radius 1 is 1.54 bits per heavy atom. The summed E-state index contributed by atoms with van der Waals surface area (Å²) >= 11 is 3.31. The number of nitrogens with zero attached hydrogens (tertiary/aromatic N) is 1.